The number of amides is 2. The van der Waals surface area contributed by atoms with E-state index >= 15 is 0 Å². The second-order valence-electron chi connectivity index (χ2n) is 7.24. The molecule has 1 heterocycles. The molecule has 0 spiro atoms. The Bertz CT molecular complexity index is 1040. The molecular formula is C21H24FN3O4S. The van der Waals surface area contributed by atoms with Gasteiger partial charge in [0.1, 0.15) is 12.4 Å². The van der Waals surface area contributed by atoms with Crippen LogP contribution in [-0.4, -0.2) is 44.5 Å². The quantitative estimate of drug-likeness (QED) is 0.690. The van der Waals surface area contributed by atoms with Gasteiger partial charge >= 0.3 is 0 Å². The third-order valence-corrected chi connectivity index (χ3v) is 5.96. The molecular weight excluding hydrogens is 409 g/mol. The van der Waals surface area contributed by atoms with Crippen LogP contribution in [0.4, 0.5) is 10.1 Å². The normalized spacial score (nSPS) is 14.1. The minimum atomic E-state index is -3.85. The maximum Gasteiger partial charge on any atom is 0.241 e. The average molecular weight is 434 g/mol. The second-order valence-corrected chi connectivity index (χ2v) is 9.14. The van der Waals surface area contributed by atoms with Crippen LogP contribution < -0.4 is 9.62 Å². The van der Waals surface area contributed by atoms with E-state index in [1.807, 2.05) is 24.3 Å². The molecule has 0 radical (unpaired) electrons. The number of para-hydroxylation sites is 1. The van der Waals surface area contributed by atoms with Crippen molar-refractivity contribution in [3.8, 4) is 0 Å². The number of carbonyl (C=O) groups is 2. The van der Waals surface area contributed by atoms with E-state index in [9.17, 15) is 22.4 Å². The Morgan fingerprint density at radius 3 is 2.57 bits per heavy atom. The summed E-state index contributed by atoms with van der Waals surface area (Å²) >= 11 is 0. The van der Waals surface area contributed by atoms with Gasteiger partial charge in [-0.3, -0.25) is 13.9 Å². The van der Waals surface area contributed by atoms with E-state index in [4.69, 9.17) is 0 Å². The molecule has 1 N–H and O–H groups in total. The van der Waals surface area contributed by atoms with Gasteiger partial charge < -0.3 is 10.2 Å². The highest BCUT2D eigenvalue weighted by Gasteiger charge is 2.23. The zero-order chi connectivity index (χ0) is 21.7. The van der Waals surface area contributed by atoms with E-state index < -0.39 is 28.3 Å². The van der Waals surface area contributed by atoms with Crippen LogP contribution in [-0.2, 0) is 32.7 Å². The van der Waals surface area contributed by atoms with Crippen molar-refractivity contribution in [2.24, 2.45) is 0 Å². The summed E-state index contributed by atoms with van der Waals surface area (Å²) in [6.45, 7) is 0.935. The van der Waals surface area contributed by atoms with Crippen LogP contribution in [0.2, 0.25) is 0 Å². The van der Waals surface area contributed by atoms with Crippen LogP contribution in [0.15, 0.2) is 48.5 Å². The first-order valence-corrected chi connectivity index (χ1v) is 11.4. The number of nitrogens with zero attached hydrogens (tertiary/aromatic N) is 2. The van der Waals surface area contributed by atoms with Crippen molar-refractivity contribution in [1.29, 1.82) is 0 Å². The summed E-state index contributed by atoms with van der Waals surface area (Å²) in [7, 11) is -3.85. The third-order valence-electron chi connectivity index (χ3n) is 4.83. The summed E-state index contributed by atoms with van der Waals surface area (Å²) < 4.78 is 38.9. The fourth-order valence-electron chi connectivity index (χ4n) is 3.35. The molecule has 7 nitrogen and oxygen atoms in total. The first kappa shape index (κ1) is 21.8. The molecule has 2 aromatic carbocycles. The van der Waals surface area contributed by atoms with E-state index in [1.54, 1.807) is 4.90 Å². The summed E-state index contributed by atoms with van der Waals surface area (Å²) in [4.78, 5) is 26.0. The molecule has 0 aliphatic carbocycles. The number of hydrogen-bond acceptors (Lipinski definition) is 4. The second kappa shape index (κ2) is 9.25. The number of carbonyl (C=O) groups excluding carboxylic acids is 2. The van der Waals surface area contributed by atoms with Crippen LogP contribution in [0.1, 0.15) is 24.0 Å². The molecule has 1 saturated heterocycles. The monoisotopic (exact) mass is 433 g/mol. The Labute approximate surface area is 175 Å². The lowest BCUT2D eigenvalue weighted by atomic mass is 10.1. The van der Waals surface area contributed by atoms with Crippen LogP contribution in [0, 0.1) is 5.82 Å². The zero-order valence-corrected chi connectivity index (χ0v) is 17.5. The van der Waals surface area contributed by atoms with Gasteiger partial charge in [0.05, 0.1) is 11.9 Å². The summed E-state index contributed by atoms with van der Waals surface area (Å²) in [5.74, 6) is -1.13. The highest BCUT2D eigenvalue weighted by molar-refractivity contribution is 7.92. The van der Waals surface area contributed by atoms with E-state index in [2.05, 4.69) is 5.32 Å². The number of rotatable bonds is 8. The standard InChI is InChI=1S/C21H24FN3O4S/c1-30(28,29)25(19-9-3-2-8-18(19)22)15-20(26)23-13-16-6-4-7-17(12-16)14-24-11-5-10-21(24)27/h2-4,6-9,12H,5,10-11,13-15H2,1H3,(H,23,26). The zero-order valence-electron chi connectivity index (χ0n) is 16.7. The van der Waals surface area contributed by atoms with Crippen molar-refractivity contribution in [2.75, 3.05) is 23.7 Å². The minimum absolute atomic E-state index is 0.141. The molecule has 0 aromatic heterocycles. The number of halogens is 1. The van der Waals surface area contributed by atoms with Crippen molar-refractivity contribution >= 4 is 27.5 Å². The molecule has 2 amide bonds. The Morgan fingerprint density at radius 2 is 1.90 bits per heavy atom. The molecule has 30 heavy (non-hydrogen) atoms. The Kier molecular flexibility index (Phi) is 6.71. The summed E-state index contributed by atoms with van der Waals surface area (Å²) in [6, 6.07) is 12.9. The minimum Gasteiger partial charge on any atom is -0.350 e. The smallest absolute Gasteiger partial charge is 0.241 e. The van der Waals surface area contributed by atoms with Gasteiger partial charge in [0.2, 0.25) is 21.8 Å². The van der Waals surface area contributed by atoms with Gasteiger partial charge in [0.25, 0.3) is 0 Å². The van der Waals surface area contributed by atoms with Crippen LogP contribution in [0.25, 0.3) is 0 Å². The van der Waals surface area contributed by atoms with Gasteiger partial charge in [-0.25, -0.2) is 12.8 Å². The fraction of sp³-hybridized carbons (Fsp3) is 0.333. The lowest BCUT2D eigenvalue weighted by Gasteiger charge is -2.22. The molecule has 2 aromatic rings. The van der Waals surface area contributed by atoms with Gasteiger partial charge in [-0.2, -0.15) is 0 Å². The highest BCUT2D eigenvalue weighted by Crippen LogP contribution is 2.21. The van der Waals surface area contributed by atoms with Gasteiger partial charge in [-0.1, -0.05) is 36.4 Å². The molecule has 160 valence electrons. The van der Waals surface area contributed by atoms with E-state index in [0.717, 1.165) is 40.7 Å². The molecule has 0 bridgehead atoms. The largest absolute Gasteiger partial charge is 0.350 e. The third kappa shape index (κ3) is 5.56. The van der Waals surface area contributed by atoms with Crippen molar-refractivity contribution < 1.29 is 22.4 Å². The first-order chi connectivity index (χ1) is 14.2. The maximum absolute atomic E-state index is 14.0. The van der Waals surface area contributed by atoms with Crippen molar-refractivity contribution in [1.82, 2.24) is 10.2 Å². The van der Waals surface area contributed by atoms with Crippen molar-refractivity contribution in [3.05, 3.63) is 65.5 Å². The van der Waals surface area contributed by atoms with Crippen molar-refractivity contribution in [2.45, 2.75) is 25.9 Å². The number of likely N-dealkylation sites (tertiary alicyclic amines) is 1. The SMILES string of the molecule is CS(=O)(=O)N(CC(=O)NCc1cccc(CN2CCCC2=O)c1)c1ccccc1F. The molecule has 1 aliphatic rings. The molecule has 0 unspecified atom stereocenters. The topological polar surface area (TPSA) is 86.8 Å². The molecule has 3 rings (SSSR count). The molecule has 9 heteroatoms. The summed E-state index contributed by atoms with van der Waals surface area (Å²) in [5, 5.41) is 2.67. The van der Waals surface area contributed by atoms with E-state index in [-0.39, 0.29) is 18.1 Å². The van der Waals surface area contributed by atoms with Crippen LogP contribution in [0.3, 0.4) is 0 Å². The van der Waals surface area contributed by atoms with Crippen LogP contribution >= 0.6 is 0 Å². The van der Waals surface area contributed by atoms with Gasteiger partial charge in [0.15, 0.2) is 0 Å². The fourth-order valence-corrected chi connectivity index (χ4v) is 4.21. The van der Waals surface area contributed by atoms with Crippen LogP contribution in [0.5, 0.6) is 0 Å². The van der Waals surface area contributed by atoms with Crippen molar-refractivity contribution in [3.63, 3.8) is 0 Å². The highest BCUT2D eigenvalue weighted by atomic mass is 32.2. The van der Waals surface area contributed by atoms with E-state index in [1.165, 1.54) is 18.2 Å². The Balaban J connectivity index is 1.62. The first-order valence-electron chi connectivity index (χ1n) is 9.58. The molecule has 0 atom stereocenters. The van der Waals surface area contributed by atoms with E-state index in [0.29, 0.717) is 13.0 Å². The maximum atomic E-state index is 14.0. The van der Waals surface area contributed by atoms with Gasteiger partial charge in [0, 0.05) is 26.1 Å². The number of anilines is 1. The predicted octanol–water partition coefficient (Wildman–Crippen LogP) is 2.03. The van der Waals surface area contributed by atoms with Gasteiger partial charge in [-0.15, -0.1) is 0 Å². The number of sulfonamides is 1. The average Bonchev–Trinajstić information content (AvgIpc) is 3.09. The molecule has 1 aliphatic heterocycles. The summed E-state index contributed by atoms with van der Waals surface area (Å²) in [5.41, 5.74) is 1.61. The Morgan fingerprint density at radius 1 is 1.17 bits per heavy atom. The van der Waals surface area contributed by atoms with Gasteiger partial charge in [-0.05, 0) is 29.7 Å². The molecule has 0 saturated carbocycles. The predicted molar refractivity (Wildman–Crippen MR) is 112 cm³/mol. The lowest BCUT2D eigenvalue weighted by molar-refractivity contribution is -0.128. The molecule has 1 fully saturated rings. The number of nitrogens with one attached hydrogen (secondary N) is 1. The lowest BCUT2D eigenvalue weighted by Crippen LogP contribution is -2.40. The Hall–Kier alpha value is -2.94. The number of hydrogen-bond donors (Lipinski definition) is 1. The summed E-state index contributed by atoms with van der Waals surface area (Å²) in [6.07, 6.45) is 2.37. The number of benzene rings is 2.